The number of fused-ring (bicyclic) bond motifs is 1. The fraction of sp³-hybridized carbons (Fsp3) is 0.406. The van der Waals surface area contributed by atoms with Crippen LogP contribution in [0.2, 0.25) is 0 Å². The number of aliphatic hydroxyl groups is 2. The van der Waals surface area contributed by atoms with E-state index in [-0.39, 0.29) is 36.4 Å². The van der Waals surface area contributed by atoms with E-state index in [1.54, 1.807) is 30.3 Å². The molecule has 1 amide bonds. The molecule has 3 aromatic carbocycles. The van der Waals surface area contributed by atoms with Gasteiger partial charge < -0.3 is 26.0 Å². The second kappa shape index (κ2) is 13.8. The zero-order valence-electron chi connectivity index (χ0n) is 24.3. The van der Waals surface area contributed by atoms with Crippen LogP contribution in [-0.4, -0.2) is 61.2 Å². The number of nitrogens with one attached hydrogen (secondary N) is 1. The first-order valence-corrected chi connectivity index (χ1v) is 15.7. The Morgan fingerprint density at radius 1 is 1.02 bits per heavy atom. The number of carbonyl (C=O) groups excluding carboxylic acids is 1. The van der Waals surface area contributed by atoms with E-state index in [9.17, 15) is 23.4 Å². The Labute approximate surface area is 248 Å². The van der Waals surface area contributed by atoms with Crippen LogP contribution in [0.4, 0.5) is 0 Å². The number of ether oxygens (including phenoxy) is 1. The van der Waals surface area contributed by atoms with Crippen molar-refractivity contribution < 1.29 is 28.2 Å². The number of nitrogens with two attached hydrogens (primary N) is 1. The average molecular weight is 596 g/mol. The highest BCUT2D eigenvalue weighted by Gasteiger charge is 2.32. The van der Waals surface area contributed by atoms with Crippen LogP contribution in [0.3, 0.4) is 0 Å². The van der Waals surface area contributed by atoms with Crippen LogP contribution in [0.5, 0.6) is 5.75 Å². The lowest BCUT2D eigenvalue weighted by molar-refractivity contribution is 0.0775. The first-order chi connectivity index (χ1) is 20.0. The number of carbonyl (C=O) groups is 1. The summed E-state index contributed by atoms with van der Waals surface area (Å²) in [6.45, 7) is 3.78. The van der Waals surface area contributed by atoms with Gasteiger partial charge in [0.1, 0.15) is 5.75 Å². The molecule has 0 saturated carbocycles. The lowest BCUT2D eigenvalue weighted by Gasteiger charge is -2.31. The maximum absolute atomic E-state index is 13.7. The predicted octanol–water partition coefficient (Wildman–Crippen LogP) is 3.57. The molecule has 3 aromatic rings. The van der Waals surface area contributed by atoms with E-state index in [4.69, 9.17) is 10.5 Å². The van der Waals surface area contributed by atoms with Crippen molar-refractivity contribution in [3.8, 4) is 5.75 Å². The fourth-order valence-corrected chi connectivity index (χ4v) is 6.92. The summed E-state index contributed by atoms with van der Waals surface area (Å²) in [4.78, 5) is 13.6. The topological polar surface area (TPSA) is 142 Å². The summed E-state index contributed by atoms with van der Waals surface area (Å²) in [6, 6.07) is 19.5. The minimum atomic E-state index is -3.96. The Morgan fingerprint density at radius 2 is 1.71 bits per heavy atom. The minimum absolute atomic E-state index is 0.0116. The highest BCUT2D eigenvalue weighted by atomic mass is 32.2. The summed E-state index contributed by atoms with van der Waals surface area (Å²) in [7, 11) is -2.45. The van der Waals surface area contributed by atoms with Crippen LogP contribution in [-0.2, 0) is 16.4 Å². The van der Waals surface area contributed by atoms with E-state index in [0.717, 1.165) is 16.7 Å². The Morgan fingerprint density at radius 3 is 2.36 bits per heavy atom. The average Bonchev–Trinajstić information content (AvgIpc) is 2.98. The van der Waals surface area contributed by atoms with E-state index in [0.29, 0.717) is 24.2 Å². The number of sulfonamides is 1. The third kappa shape index (κ3) is 7.56. The van der Waals surface area contributed by atoms with E-state index in [1.807, 2.05) is 44.2 Å². The molecule has 9 nitrogen and oxygen atoms in total. The largest absolute Gasteiger partial charge is 0.497 e. The van der Waals surface area contributed by atoms with Crippen LogP contribution in [0.15, 0.2) is 77.7 Å². The maximum Gasteiger partial charge on any atom is 0.251 e. The third-order valence-corrected chi connectivity index (χ3v) is 9.44. The summed E-state index contributed by atoms with van der Waals surface area (Å²) in [5.74, 6) is 0.105. The Balaban J connectivity index is 1.60. The van der Waals surface area contributed by atoms with Gasteiger partial charge in [-0.15, -0.1) is 0 Å². The molecule has 0 heterocycles. The van der Waals surface area contributed by atoms with Gasteiger partial charge in [-0.1, -0.05) is 50.2 Å². The molecule has 0 radical (unpaired) electrons. The van der Waals surface area contributed by atoms with Gasteiger partial charge >= 0.3 is 0 Å². The molecule has 0 saturated heterocycles. The van der Waals surface area contributed by atoms with Gasteiger partial charge in [-0.3, -0.25) is 4.79 Å². The van der Waals surface area contributed by atoms with Crippen LogP contribution in [0, 0.1) is 5.92 Å². The van der Waals surface area contributed by atoms with E-state index in [1.165, 1.54) is 23.5 Å². The third-order valence-electron chi connectivity index (χ3n) is 7.59. The van der Waals surface area contributed by atoms with Gasteiger partial charge in [0.05, 0.1) is 30.3 Å². The summed E-state index contributed by atoms with van der Waals surface area (Å²) >= 11 is 0. The van der Waals surface area contributed by atoms with Gasteiger partial charge in [-0.25, -0.2) is 8.42 Å². The highest BCUT2D eigenvalue weighted by molar-refractivity contribution is 7.89. The maximum atomic E-state index is 13.7. The smallest absolute Gasteiger partial charge is 0.251 e. The SMILES string of the molecule is COc1ccc(S(=O)(=O)N(CC(C)C)C[C@@H](O)[C@H](Cc2ccccc2)NC(=O)c2ccc3c(c2)[C@H](N)CC[C@@H]3O)cc1. The molecule has 42 heavy (non-hydrogen) atoms. The number of nitrogens with zero attached hydrogens (tertiary/aromatic N) is 1. The first-order valence-electron chi connectivity index (χ1n) is 14.2. The second-order valence-corrected chi connectivity index (χ2v) is 13.2. The lowest BCUT2D eigenvalue weighted by atomic mass is 9.85. The van der Waals surface area contributed by atoms with Crippen molar-refractivity contribution in [2.45, 2.75) is 62.3 Å². The normalized spacial score (nSPS) is 18.4. The molecule has 5 N–H and O–H groups in total. The number of hydrogen-bond donors (Lipinski definition) is 4. The number of rotatable bonds is 12. The molecule has 0 unspecified atom stereocenters. The van der Waals surface area contributed by atoms with Gasteiger partial charge in [0, 0.05) is 24.7 Å². The Bertz CT molecular complexity index is 1450. The predicted molar refractivity (Wildman–Crippen MR) is 162 cm³/mol. The molecule has 0 aromatic heterocycles. The number of hydrogen-bond acceptors (Lipinski definition) is 7. The van der Waals surface area contributed by atoms with Crippen molar-refractivity contribution >= 4 is 15.9 Å². The van der Waals surface area contributed by atoms with Crippen LogP contribution in [0.25, 0.3) is 0 Å². The first kappa shape index (κ1) is 31.7. The molecule has 226 valence electrons. The van der Waals surface area contributed by atoms with Crippen molar-refractivity contribution in [3.63, 3.8) is 0 Å². The monoisotopic (exact) mass is 595 g/mol. The van der Waals surface area contributed by atoms with Crippen molar-refractivity contribution in [1.82, 2.24) is 9.62 Å². The summed E-state index contributed by atoms with van der Waals surface area (Å²) in [6.07, 6.45) is -0.373. The summed E-state index contributed by atoms with van der Waals surface area (Å²) < 4.78 is 33.8. The molecule has 1 aliphatic carbocycles. The molecule has 10 heteroatoms. The Hall–Kier alpha value is -3.28. The summed E-state index contributed by atoms with van der Waals surface area (Å²) in [5.41, 5.74) is 8.97. The van der Waals surface area contributed by atoms with Gasteiger partial charge in [0.15, 0.2) is 0 Å². The molecular formula is C32H41N3O6S. The number of benzene rings is 3. The number of amides is 1. The van der Waals surface area contributed by atoms with Gasteiger partial charge in [0.2, 0.25) is 10.0 Å². The fourth-order valence-electron chi connectivity index (χ4n) is 5.30. The van der Waals surface area contributed by atoms with Crippen molar-refractivity contribution in [2.75, 3.05) is 20.2 Å². The molecule has 0 fully saturated rings. The van der Waals surface area contributed by atoms with Gasteiger partial charge in [-0.05, 0) is 78.3 Å². The minimum Gasteiger partial charge on any atom is -0.497 e. The lowest BCUT2D eigenvalue weighted by Crippen LogP contribution is -2.51. The van der Waals surface area contributed by atoms with Crippen molar-refractivity contribution in [1.29, 1.82) is 0 Å². The highest BCUT2D eigenvalue weighted by Crippen LogP contribution is 2.35. The molecule has 0 bridgehead atoms. The van der Waals surface area contributed by atoms with Gasteiger partial charge in [0.25, 0.3) is 5.91 Å². The number of methoxy groups -OCH3 is 1. The molecule has 0 spiro atoms. The standard InChI is InChI=1S/C32H41N3O6S/c1-21(2)19-35(42(39,40)25-12-10-24(41-3)11-13-25)20-31(37)29(17-22-7-5-4-6-8-22)34-32(38)23-9-14-26-27(18-23)28(33)15-16-30(26)36/h4-14,18,21,28-31,36-37H,15-17,19-20,33H2,1-3H3,(H,34,38)/t28-,29+,30+,31-/m1/s1. The molecule has 4 atom stereocenters. The molecule has 4 rings (SSSR count). The zero-order valence-corrected chi connectivity index (χ0v) is 25.1. The van der Waals surface area contributed by atoms with E-state index >= 15 is 0 Å². The van der Waals surface area contributed by atoms with Crippen molar-refractivity contribution in [3.05, 3.63) is 95.1 Å². The van der Waals surface area contributed by atoms with Crippen LogP contribution >= 0.6 is 0 Å². The van der Waals surface area contributed by atoms with E-state index in [2.05, 4.69) is 5.32 Å². The Kier molecular flexibility index (Phi) is 10.4. The van der Waals surface area contributed by atoms with E-state index < -0.39 is 34.2 Å². The summed E-state index contributed by atoms with van der Waals surface area (Å²) in [5, 5.41) is 24.8. The molecular weight excluding hydrogens is 554 g/mol. The quantitative estimate of drug-likeness (QED) is 0.251. The zero-order chi connectivity index (χ0) is 30.4. The molecule has 0 aliphatic heterocycles. The van der Waals surface area contributed by atoms with Crippen LogP contribution < -0.4 is 15.8 Å². The number of aliphatic hydroxyl groups excluding tert-OH is 2. The second-order valence-electron chi connectivity index (χ2n) is 11.3. The van der Waals surface area contributed by atoms with Crippen molar-refractivity contribution in [2.24, 2.45) is 11.7 Å². The van der Waals surface area contributed by atoms with Crippen LogP contribution in [0.1, 0.15) is 65.9 Å². The molecule has 1 aliphatic rings. The van der Waals surface area contributed by atoms with Gasteiger partial charge in [-0.2, -0.15) is 4.31 Å².